The molecule has 0 aromatic rings. The van der Waals surface area contributed by atoms with Crippen LogP contribution in [0.15, 0.2) is 11.8 Å². The van der Waals surface area contributed by atoms with Crippen molar-refractivity contribution in [2.75, 3.05) is 14.1 Å². The van der Waals surface area contributed by atoms with Gasteiger partial charge in [-0.2, -0.15) is 0 Å². The summed E-state index contributed by atoms with van der Waals surface area (Å²) in [6.45, 7) is 3.90. The number of hydrogen-bond donors (Lipinski definition) is 1. The Hall–Kier alpha value is -0.990. The van der Waals surface area contributed by atoms with Gasteiger partial charge in [0.25, 0.3) is 0 Å². The molecular formula is C9H17NO2. The molecular weight excluding hydrogens is 154 g/mol. The van der Waals surface area contributed by atoms with Crippen LogP contribution >= 0.6 is 0 Å². The molecule has 0 aliphatic heterocycles. The quantitative estimate of drug-likeness (QED) is 0.652. The van der Waals surface area contributed by atoms with Crippen molar-refractivity contribution in [3.05, 3.63) is 11.8 Å². The van der Waals surface area contributed by atoms with Crippen LogP contribution in [0.3, 0.4) is 0 Å². The molecule has 70 valence electrons. The molecule has 0 radical (unpaired) electrons. The number of carboxylic acids is 1. The SMILES string of the molecule is CCC(C)/C(=C/N(C)C)C(=O)O. The lowest BCUT2D eigenvalue weighted by Gasteiger charge is -2.13. The molecule has 0 aliphatic rings. The number of aliphatic carboxylic acids is 1. The summed E-state index contributed by atoms with van der Waals surface area (Å²) >= 11 is 0. The van der Waals surface area contributed by atoms with Crippen molar-refractivity contribution in [2.24, 2.45) is 5.92 Å². The fraction of sp³-hybridized carbons (Fsp3) is 0.667. The van der Waals surface area contributed by atoms with Crippen LogP contribution in [0.5, 0.6) is 0 Å². The van der Waals surface area contributed by atoms with Gasteiger partial charge in [0, 0.05) is 20.3 Å². The third kappa shape index (κ3) is 3.42. The highest BCUT2D eigenvalue weighted by molar-refractivity contribution is 5.86. The van der Waals surface area contributed by atoms with E-state index in [0.717, 1.165) is 6.42 Å². The Morgan fingerprint density at radius 1 is 1.58 bits per heavy atom. The molecule has 0 aromatic carbocycles. The molecule has 3 nitrogen and oxygen atoms in total. The predicted octanol–water partition coefficient (Wildman–Crippen LogP) is 1.56. The average molecular weight is 171 g/mol. The molecule has 1 atom stereocenters. The molecule has 12 heavy (non-hydrogen) atoms. The normalized spacial score (nSPS) is 14.2. The van der Waals surface area contributed by atoms with Crippen LogP contribution in [-0.2, 0) is 4.79 Å². The second-order valence-corrected chi connectivity index (χ2v) is 3.16. The highest BCUT2D eigenvalue weighted by Crippen LogP contribution is 2.14. The zero-order valence-electron chi connectivity index (χ0n) is 8.16. The summed E-state index contributed by atoms with van der Waals surface area (Å²) in [5.41, 5.74) is 0.475. The van der Waals surface area contributed by atoms with Crippen LogP contribution in [0.2, 0.25) is 0 Å². The summed E-state index contributed by atoms with van der Waals surface area (Å²) in [6.07, 6.45) is 2.52. The van der Waals surface area contributed by atoms with Gasteiger partial charge in [-0.15, -0.1) is 0 Å². The average Bonchev–Trinajstić information content (AvgIpc) is 1.98. The highest BCUT2D eigenvalue weighted by atomic mass is 16.4. The smallest absolute Gasteiger partial charge is 0.333 e. The summed E-state index contributed by atoms with van der Waals surface area (Å²) in [6, 6.07) is 0. The minimum Gasteiger partial charge on any atom is -0.478 e. The molecule has 3 heteroatoms. The zero-order valence-corrected chi connectivity index (χ0v) is 8.16. The number of rotatable bonds is 4. The van der Waals surface area contributed by atoms with E-state index in [2.05, 4.69) is 0 Å². The molecule has 0 heterocycles. The van der Waals surface area contributed by atoms with Crippen molar-refractivity contribution in [1.82, 2.24) is 4.90 Å². The van der Waals surface area contributed by atoms with Crippen LogP contribution in [0.4, 0.5) is 0 Å². The van der Waals surface area contributed by atoms with Crippen LogP contribution in [0, 0.1) is 5.92 Å². The first-order valence-corrected chi connectivity index (χ1v) is 4.10. The summed E-state index contributed by atoms with van der Waals surface area (Å²) in [4.78, 5) is 12.5. The first-order chi connectivity index (χ1) is 5.49. The van der Waals surface area contributed by atoms with Crippen molar-refractivity contribution in [2.45, 2.75) is 20.3 Å². The van der Waals surface area contributed by atoms with Crippen LogP contribution in [0.25, 0.3) is 0 Å². The lowest BCUT2D eigenvalue weighted by molar-refractivity contribution is -0.133. The molecule has 0 amide bonds. The predicted molar refractivity (Wildman–Crippen MR) is 48.9 cm³/mol. The summed E-state index contributed by atoms with van der Waals surface area (Å²) < 4.78 is 0. The Bertz CT molecular complexity index is 185. The standard InChI is InChI=1S/C9H17NO2/c1-5-7(2)8(9(11)12)6-10(3)4/h6-7H,5H2,1-4H3,(H,11,12)/b8-6-. The van der Waals surface area contributed by atoms with Crippen molar-refractivity contribution in [3.8, 4) is 0 Å². The van der Waals surface area contributed by atoms with Gasteiger partial charge in [0.15, 0.2) is 0 Å². The van der Waals surface area contributed by atoms with Gasteiger partial charge in [0.05, 0.1) is 5.57 Å². The second-order valence-electron chi connectivity index (χ2n) is 3.16. The Morgan fingerprint density at radius 2 is 2.08 bits per heavy atom. The number of hydrogen-bond acceptors (Lipinski definition) is 2. The van der Waals surface area contributed by atoms with Crippen LogP contribution < -0.4 is 0 Å². The van der Waals surface area contributed by atoms with Gasteiger partial charge in [-0.1, -0.05) is 13.8 Å². The number of carboxylic acid groups (broad SMARTS) is 1. The zero-order chi connectivity index (χ0) is 9.72. The summed E-state index contributed by atoms with van der Waals surface area (Å²) in [5.74, 6) is -0.706. The maximum absolute atomic E-state index is 10.7. The Balaban J connectivity index is 4.54. The van der Waals surface area contributed by atoms with E-state index in [0.29, 0.717) is 5.57 Å². The Morgan fingerprint density at radius 3 is 2.33 bits per heavy atom. The van der Waals surface area contributed by atoms with E-state index in [9.17, 15) is 4.79 Å². The highest BCUT2D eigenvalue weighted by Gasteiger charge is 2.14. The maximum Gasteiger partial charge on any atom is 0.333 e. The molecule has 0 rings (SSSR count). The van der Waals surface area contributed by atoms with E-state index < -0.39 is 5.97 Å². The maximum atomic E-state index is 10.7. The second kappa shape index (κ2) is 4.80. The van der Waals surface area contributed by atoms with Crippen molar-refractivity contribution >= 4 is 5.97 Å². The Labute approximate surface area is 73.7 Å². The van der Waals surface area contributed by atoms with E-state index in [1.165, 1.54) is 0 Å². The van der Waals surface area contributed by atoms with Gasteiger partial charge in [-0.3, -0.25) is 0 Å². The fourth-order valence-electron chi connectivity index (χ4n) is 0.891. The van der Waals surface area contributed by atoms with Gasteiger partial charge in [-0.25, -0.2) is 4.79 Å². The van der Waals surface area contributed by atoms with Crippen LogP contribution in [-0.4, -0.2) is 30.1 Å². The Kier molecular flexibility index (Phi) is 4.40. The monoisotopic (exact) mass is 171 g/mol. The first-order valence-electron chi connectivity index (χ1n) is 4.10. The lowest BCUT2D eigenvalue weighted by Crippen LogP contribution is -2.14. The molecule has 0 fully saturated rings. The molecule has 1 unspecified atom stereocenters. The minimum atomic E-state index is -0.821. The molecule has 0 aromatic heterocycles. The van der Waals surface area contributed by atoms with Crippen LogP contribution in [0.1, 0.15) is 20.3 Å². The van der Waals surface area contributed by atoms with E-state index in [1.807, 2.05) is 27.9 Å². The van der Waals surface area contributed by atoms with E-state index in [4.69, 9.17) is 5.11 Å². The fourth-order valence-corrected chi connectivity index (χ4v) is 0.891. The summed E-state index contributed by atoms with van der Waals surface area (Å²) in [5, 5.41) is 8.83. The van der Waals surface area contributed by atoms with Gasteiger partial charge in [0.2, 0.25) is 0 Å². The number of carbonyl (C=O) groups is 1. The van der Waals surface area contributed by atoms with E-state index >= 15 is 0 Å². The molecule has 0 saturated heterocycles. The van der Waals surface area contributed by atoms with Crippen molar-refractivity contribution in [1.29, 1.82) is 0 Å². The minimum absolute atomic E-state index is 0.116. The molecule has 0 spiro atoms. The first kappa shape index (κ1) is 11.0. The van der Waals surface area contributed by atoms with Gasteiger partial charge in [0.1, 0.15) is 0 Å². The topological polar surface area (TPSA) is 40.5 Å². The molecule has 0 saturated carbocycles. The van der Waals surface area contributed by atoms with Crippen molar-refractivity contribution < 1.29 is 9.90 Å². The largest absolute Gasteiger partial charge is 0.478 e. The molecule has 0 bridgehead atoms. The van der Waals surface area contributed by atoms with Gasteiger partial charge >= 0.3 is 5.97 Å². The molecule has 0 aliphatic carbocycles. The lowest BCUT2D eigenvalue weighted by atomic mass is 9.99. The van der Waals surface area contributed by atoms with Crippen molar-refractivity contribution in [3.63, 3.8) is 0 Å². The van der Waals surface area contributed by atoms with E-state index in [-0.39, 0.29) is 5.92 Å². The van der Waals surface area contributed by atoms with Gasteiger partial charge in [-0.05, 0) is 12.3 Å². The number of nitrogens with zero attached hydrogens (tertiary/aromatic N) is 1. The molecule has 1 N–H and O–H groups in total. The third-order valence-electron chi connectivity index (χ3n) is 1.79. The van der Waals surface area contributed by atoms with E-state index in [1.54, 1.807) is 11.1 Å². The summed E-state index contributed by atoms with van der Waals surface area (Å²) in [7, 11) is 3.65. The van der Waals surface area contributed by atoms with Gasteiger partial charge < -0.3 is 10.0 Å². The third-order valence-corrected chi connectivity index (χ3v) is 1.79.